The molecule has 0 saturated heterocycles. The van der Waals surface area contributed by atoms with Crippen molar-refractivity contribution < 1.29 is 19.1 Å². The highest BCUT2D eigenvalue weighted by Gasteiger charge is 2.13. The molecule has 2 amide bonds. The van der Waals surface area contributed by atoms with E-state index in [-0.39, 0.29) is 6.09 Å². The number of likely N-dealkylation sites (N-methyl/N-ethyl adjacent to an activating group) is 2. The molecule has 0 spiro atoms. The molecule has 0 aliphatic carbocycles. The predicted octanol–water partition coefficient (Wildman–Crippen LogP) is 9.33. The van der Waals surface area contributed by atoms with Crippen molar-refractivity contribution in [2.24, 2.45) is 11.8 Å². The molecule has 0 aliphatic heterocycles. The number of anilines is 2. The number of amides is 2. The van der Waals surface area contributed by atoms with Crippen molar-refractivity contribution in [2.45, 2.75) is 79.1 Å². The van der Waals surface area contributed by atoms with Crippen LogP contribution in [0.3, 0.4) is 0 Å². The van der Waals surface area contributed by atoms with E-state index in [1.807, 2.05) is 39.6 Å². The van der Waals surface area contributed by atoms with Crippen LogP contribution in [0.4, 0.5) is 21.1 Å². The highest BCUT2D eigenvalue weighted by molar-refractivity contribution is 8.77. The zero-order chi connectivity index (χ0) is 31.7. The third-order valence-electron chi connectivity index (χ3n) is 7.15. The number of carbonyl (C=O) groups excluding carboxylic acids is 2. The first-order valence-corrected chi connectivity index (χ1v) is 20.8. The highest BCUT2D eigenvalue weighted by atomic mass is 33.1. The van der Waals surface area contributed by atoms with Gasteiger partial charge in [0, 0.05) is 68.1 Å². The van der Waals surface area contributed by atoms with Gasteiger partial charge in [-0.3, -0.25) is 5.32 Å². The maximum Gasteiger partial charge on any atom is 0.412 e. The molecule has 1 rings (SSSR count). The molecular formula is C31H56N4O4S4. The van der Waals surface area contributed by atoms with Crippen LogP contribution in [0.5, 0.6) is 0 Å². The number of hydrogen-bond acceptors (Lipinski definition) is 10. The minimum atomic E-state index is -0.506. The molecular weight excluding hydrogens is 621 g/mol. The largest absolute Gasteiger partial charge is 0.449 e. The summed E-state index contributed by atoms with van der Waals surface area (Å²) in [5.41, 5.74) is 0.880. The van der Waals surface area contributed by atoms with Crippen LogP contribution in [0.15, 0.2) is 18.3 Å². The molecule has 1 heterocycles. The summed E-state index contributed by atoms with van der Waals surface area (Å²) < 4.78 is 10.8. The molecule has 1 N–H and O–H groups in total. The fourth-order valence-electron chi connectivity index (χ4n) is 4.03. The number of nitrogens with zero attached hydrogens (tertiary/aromatic N) is 3. The van der Waals surface area contributed by atoms with E-state index in [2.05, 4.69) is 38.0 Å². The lowest BCUT2D eigenvalue weighted by Gasteiger charge is -2.23. The first-order valence-electron chi connectivity index (χ1n) is 15.8. The maximum absolute atomic E-state index is 12.4. The van der Waals surface area contributed by atoms with Crippen molar-refractivity contribution in [3.8, 4) is 0 Å². The maximum atomic E-state index is 12.4. The van der Waals surface area contributed by atoms with Crippen molar-refractivity contribution in [1.82, 2.24) is 9.88 Å². The van der Waals surface area contributed by atoms with Crippen LogP contribution in [-0.4, -0.2) is 85.5 Å². The van der Waals surface area contributed by atoms with E-state index < -0.39 is 6.09 Å². The fraction of sp³-hybridized carbons (Fsp3) is 0.774. The number of carbonyl (C=O) groups is 2. The van der Waals surface area contributed by atoms with Gasteiger partial charge in [-0.1, -0.05) is 109 Å². The quantitative estimate of drug-likeness (QED) is 0.0799. The van der Waals surface area contributed by atoms with Gasteiger partial charge in [-0.15, -0.1) is 0 Å². The molecule has 0 fully saturated rings. The van der Waals surface area contributed by atoms with Gasteiger partial charge in [0.25, 0.3) is 0 Å². The Labute approximate surface area is 277 Å². The number of pyridine rings is 1. The molecule has 2 atom stereocenters. The summed E-state index contributed by atoms with van der Waals surface area (Å²) in [5, 5.41) is 2.71. The molecule has 1 aromatic rings. The second-order valence-corrected chi connectivity index (χ2v) is 15.9. The Morgan fingerprint density at radius 3 is 2.00 bits per heavy atom. The Hall–Kier alpha value is -1.11. The van der Waals surface area contributed by atoms with Gasteiger partial charge in [0.1, 0.15) is 19.0 Å². The van der Waals surface area contributed by atoms with Gasteiger partial charge in [0.05, 0.1) is 0 Å². The van der Waals surface area contributed by atoms with E-state index in [0.717, 1.165) is 40.5 Å². The van der Waals surface area contributed by atoms with Crippen molar-refractivity contribution in [2.75, 3.05) is 73.6 Å². The average Bonchev–Trinajstić information content (AvgIpc) is 3.01. The number of unbranched alkanes of at least 4 members (excludes halogenated alkanes) is 2. The van der Waals surface area contributed by atoms with Crippen LogP contribution in [-0.2, 0) is 9.47 Å². The van der Waals surface area contributed by atoms with E-state index >= 15 is 0 Å². The molecule has 0 unspecified atom stereocenters. The smallest absolute Gasteiger partial charge is 0.412 e. The third-order valence-corrected chi connectivity index (χ3v) is 12.2. The summed E-state index contributed by atoms with van der Waals surface area (Å²) in [7, 11) is 11.0. The molecule has 12 heteroatoms. The second-order valence-electron chi connectivity index (χ2n) is 10.7. The Kier molecular flexibility index (Phi) is 24.3. The molecule has 43 heavy (non-hydrogen) atoms. The van der Waals surface area contributed by atoms with Crippen molar-refractivity contribution in [3.05, 3.63) is 18.3 Å². The summed E-state index contributed by atoms with van der Waals surface area (Å²) in [5.74, 6) is 5.82. The van der Waals surface area contributed by atoms with Gasteiger partial charge < -0.3 is 19.3 Å². The third kappa shape index (κ3) is 19.8. The summed E-state index contributed by atoms with van der Waals surface area (Å²) in [4.78, 5) is 32.5. The summed E-state index contributed by atoms with van der Waals surface area (Å²) in [6.07, 6.45) is 11.0. The lowest BCUT2D eigenvalue weighted by Crippen LogP contribution is -2.35. The Bertz CT molecular complexity index is 871. The van der Waals surface area contributed by atoms with E-state index in [9.17, 15) is 9.59 Å². The van der Waals surface area contributed by atoms with Gasteiger partial charge in [-0.25, -0.2) is 14.6 Å². The van der Waals surface area contributed by atoms with E-state index in [1.54, 1.807) is 45.8 Å². The number of ether oxygens (including phenoxy) is 2. The van der Waals surface area contributed by atoms with Crippen molar-refractivity contribution in [1.29, 1.82) is 0 Å². The lowest BCUT2D eigenvalue weighted by molar-refractivity contribution is 0.118. The second kappa shape index (κ2) is 26.1. The summed E-state index contributed by atoms with van der Waals surface area (Å²) in [6, 6.07) is 3.67. The van der Waals surface area contributed by atoms with Crippen LogP contribution in [0.1, 0.15) is 79.1 Å². The zero-order valence-corrected chi connectivity index (χ0v) is 30.6. The van der Waals surface area contributed by atoms with Crippen LogP contribution >= 0.6 is 43.2 Å². The van der Waals surface area contributed by atoms with Gasteiger partial charge in [-0.2, -0.15) is 0 Å². The zero-order valence-electron chi connectivity index (χ0n) is 27.3. The number of aromatic nitrogens is 1. The SMILES string of the molecule is CCCC[C@@H](CC)CSSCCOC(=O)N(C)CCN(C)c1ccnc(NC(=O)OCCSSC[C@@H](CC)CCCC)c1. The molecule has 0 saturated carbocycles. The molecule has 8 nitrogen and oxygen atoms in total. The monoisotopic (exact) mass is 676 g/mol. The topological polar surface area (TPSA) is 84.0 Å². The Morgan fingerprint density at radius 1 is 0.860 bits per heavy atom. The van der Waals surface area contributed by atoms with Crippen molar-refractivity contribution >= 4 is 66.9 Å². The van der Waals surface area contributed by atoms with Gasteiger partial charge >= 0.3 is 12.2 Å². The van der Waals surface area contributed by atoms with E-state index in [1.165, 1.54) is 51.4 Å². The number of hydrogen-bond donors (Lipinski definition) is 1. The molecule has 0 bridgehead atoms. The average molecular weight is 677 g/mol. The molecule has 248 valence electrons. The van der Waals surface area contributed by atoms with Crippen molar-refractivity contribution in [3.63, 3.8) is 0 Å². The number of nitrogens with one attached hydrogen (secondary N) is 1. The van der Waals surface area contributed by atoms with Gasteiger partial charge in [0.15, 0.2) is 0 Å². The van der Waals surface area contributed by atoms with Crippen LogP contribution in [0, 0.1) is 11.8 Å². The fourth-order valence-corrected chi connectivity index (χ4v) is 8.80. The lowest BCUT2D eigenvalue weighted by atomic mass is 10.0. The standard InChI is InChI=1S/C31H56N4O4S4/c1-7-11-13-26(9-3)24-42-40-21-19-38-30(36)33-29-23-28(15-16-32-29)34(5)17-18-35(6)31(37)39-20-22-41-43-25-27(10-4)14-12-8-2/h15-16,23,26-27H,7-14,17-22,24-25H2,1-6H3,(H,32,33,36)/t26-,27+/m0/s1. The Balaban J connectivity index is 2.26. The summed E-state index contributed by atoms with van der Waals surface area (Å²) in [6.45, 7) is 10.9. The first-order chi connectivity index (χ1) is 20.8. The predicted molar refractivity (Wildman–Crippen MR) is 193 cm³/mol. The van der Waals surface area contributed by atoms with E-state index in [0.29, 0.717) is 32.1 Å². The highest BCUT2D eigenvalue weighted by Crippen LogP contribution is 2.28. The van der Waals surface area contributed by atoms with E-state index in [4.69, 9.17) is 9.47 Å². The normalized spacial score (nSPS) is 12.4. The van der Waals surface area contributed by atoms with Crippen LogP contribution in [0.25, 0.3) is 0 Å². The van der Waals surface area contributed by atoms with Gasteiger partial charge in [0.2, 0.25) is 0 Å². The minimum absolute atomic E-state index is 0.313. The van der Waals surface area contributed by atoms with Crippen LogP contribution in [0.2, 0.25) is 0 Å². The summed E-state index contributed by atoms with van der Waals surface area (Å²) >= 11 is 0. The molecule has 0 radical (unpaired) electrons. The Morgan fingerprint density at radius 2 is 1.44 bits per heavy atom. The minimum Gasteiger partial charge on any atom is -0.449 e. The molecule has 1 aromatic heterocycles. The van der Waals surface area contributed by atoms with Crippen LogP contribution < -0.4 is 10.2 Å². The molecule has 0 aromatic carbocycles. The van der Waals surface area contributed by atoms with Gasteiger partial charge in [-0.05, 0) is 30.7 Å². The number of rotatable bonds is 25. The first kappa shape index (κ1) is 39.9. The molecule has 0 aliphatic rings.